The van der Waals surface area contributed by atoms with E-state index in [0.29, 0.717) is 6.42 Å². The highest BCUT2D eigenvalue weighted by atomic mass is 16.3. The molecular formula is C16H23N3O. The molecule has 2 aromatic rings. The first-order valence-corrected chi connectivity index (χ1v) is 7.36. The highest BCUT2D eigenvalue weighted by Gasteiger charge is 2.16. The summed E-state index contributed by atoms with van der Waals surface area (Å²) in [6.45, 7) is 6.99. The zero-order chi connectivity index (χ0) is 14.5. The quantitative estimate of drug-likeness (QED) is 0.880. The number of aromatic nitrogens is 3. The predicted molar refractivity (Wildman–Crippen MR) is 79.6 cm³/mol. The topological polar surface area (TPSA) is 50.9 Å². The van der Waals surface area contributed by atoms with E-state index in [0.717, 1.165) is 36.5 Å². The Morgan fingerprint density at radius 2 is 1.95 bits per heavy atom. The van der Waals surface area contributed by atoms with Crippen molar-refractivity contribution in [1.29, 1.82) is 0 Å². The highest BCUT2D eigenvalue weighted by Crippen LogP contribution is 2.19. The van der Waals surface area contributed by atoms with E-state index in [1.54, 1.807) is 0 Å². The molecule has 0 aliphatic rings. The Kier molecular flexibility index (Phi) is 4.90. The molecule has 2 heterocycles. The largest absolute Gasteiger partial charge is 0.386 e. The fourth-order valence-corrected chi connectivity index (χ4v) is 2.27. The predicted octanol–water partition coefficient (Wildman–Crippen LogP) is 2.70. The lowest BCUT2D eigenvalue weighted by atomic mass is 10.1. The smallest absolute Gasteiger partial charge is 0.101 e. The van der Waals surface area contributed by atoms with Gasteiger partial charge in [-0.1, -0.05) is 19.9 Å². The van der Waals surface area contributed by atoms with E-state index in [1.165, 1.54) is 5.56 Å². The van der Waals surface area contributed by atoms with Gasteiger partial charge in [-0.3, -0.25) is 9.67 Å². The van der Waals surface area contributed by atoms with Crippen LogP contribution in [-0.2, 0) is 25.8 Å². The Hall–Kier alpha value is -1.68. The molecule has 1 N–H and O–H groups in total. The Labute approximate surface area is 120 Å². The number of aliphatic hydroxyl groups excluding tert-OH is 1. The molecule has 0 bridgehead atoms. The second-order valence-corrected chi connectivity index (χ2v) is 4.96. The van der Waals surface area contributed by atoms with Crippen molar-refractivity contribution >= 4 is 0 Å². The molecule has 0 amide bonds. The van der Waals surface area contributed by atoms with E-state index in [9.17, 15) is 5.11 Å². The lowest BCUT2D eigenvalue weighted by Gasteiger charge is -2.12. The number of aliphatic hydroxyl groups is 1. The van der Waals surface area contributed by atoms with E-state index in [4.69, 9.17) is 0 Å². The Bertz CT molecular complexity index is 545. The summed E-state index contributed by atoms with van der Waals surface area (Å²) in [7, 11) is 0. The molecule has 0 fully saturated rings. The van der Waals surface area contributed by atoms with E-state index in [1.807, 2.05) is 29.9 Å². The number of aryl methyl sites for hydroxylation is 3. The van der Waals surface area contributed by atoms with Crippen molar-refractivity contribution < 1.29 is 5.11 Å². The summed E-state index contributed by atoms with van der Waals surface area (Å²) in [5.41, 5.74) is 4.03. The first-order valence-electron chi connectivity index (χ1n) is 7.36. The second-order valence-electron chi connectivity index (χ2n) is 4.96. The molecule has 0 aromatic carbocycles. The van der Waals surface area contributed by atoms with Crippen molar-refractivity contribution in [2.45, 2.75) is 52.7 Å². The summed E-state index contributed by atoms with van der Waals surface area (Å²) in [6, 6.07) is 6.06. The van der Waals surface area contributed by atoms with Crippen molar-refractivity contribution in [3.05, 3.63) is 47.0 Å². The number of hydrogen-bond acceptors (Lipinski definition) is 3. The van der Waals surface area contributed by atoms with Gasteiger partial charge in [-0.25, -0.2) is 0 Å². The molecule has 0 spiro atoms. The van der Waals surface area contributed by atoms with Crippen LogP contribution < -0.4 is 0 Å². The van der Waals surface area contributed by atoms with Crippen LogP contribution in [0.2, 0.25) is 0 Å². The third-order valence-electron chi connectivity index (χ3n) is 3.56. The summed E-state index contributed by atoms with van der Waals surface area (Å²) in [5.74, 6) is 0. The number of hydrogen-bond donors (Lipinski definition) is 1. The zero-order valence-corrected chi connectivity index (χ0v) is 12.5. The van der Waals surface area contributed by atoms with Crippen molar-refractivity contribution in [1.82, 2.24) is 14.8 Å². The van der Waals surface area contributed by atoms with Crippen LogP contribution in [0.25, 0.3) is 0 Å². The van der Waals surface area contributed by atoms with Gasteiger partial charge in [0, 0.05) is 24.9 Å². The van der Waals surface area contributed by atoms with Crippen LogP contribution in [0.1, 0.15) is 49.5 Å². The van der Waals surface area contributed by atoms with Gasteiger partial charge in [0.1, 0.15) is 6.10 Å². The molecule has 2 aromatic heterocycles. The van der Waals surface area contributed by atoms with Gasteiger partial charge in [-0.05, 0) is 37.5 Å². The molecular weight excluding hydrogens is 250 g/mol. The van der Waals surface area contributed by atoms with E-state index < -0.39 is 6.10 Å². The van der Waals surface area contributed by atoms with Gasteiger partial charge in [0.05, 0.1) is 11.4 Å². The maximum atomic E-state index is 10.4. The molecule has 1 atom stereocenters. The van der Waals surface area contributed by atoms with Crippen LogP contribution in [0.4, 0.5) is 0 Å². The standard InChI is InChI=1S/C16H23N3O/c1-4-12-7-8-14(17-11-12)10-16(20)15-9-13(5-2)18-19(15)6-3/h7-9,11,16,20H,4-6,10H2,1-3H3. The third-order valence-corrected chi connectivity index (χ3v) is 3.56. The molecule has 0 radical (unpaired) electrons. The second kappa shape index (κ2) is 6.66. The third kappa shape index (κ3) is 3.25. The van der Waals surface area contributed by atoms with Crippen molar-refractivity contribution in [2.24, 2.45) is 0 Å². The molecule has 4 nitrogen and oxygen atoms in total. The van der Waals surface area contributed by atoms with Gasteiger partial charge >= 0.3 is 0 Å². The van der Waals surface area contributed by atoms with Crippen molar-refractivity contribution in [2.75, 3.05) is 0 Å². The van der Waals surface area contributed by atoms with Gasteiger partial charge in [-0.15, -0.1) is 0 Å². The molecule has 0 aliphatic carbocycles. The lowest BCUT2D eigenvalue weighted by molar-refractivity contribution is 0.166. The molecule has 4 heteroatoms. The van der Waals surface area contributed by atoms with Gasteiger partial charge in [-0.2, -0.15) is 5.10 Å². The maximum absolute atomic E-state index is 10.4. The highest BCUT2D eigenvalue weighted by molar-refractivity contribution is 5.18. The minimum atomic E-state index is -0.553. The normalized spacial score (nSPS) is 12.6. The SMILES string of the molecule is CCc1ccc(CC(O)c2cc(CC)nn2CC)nc1. The molecule has 108 valence electrons. The maximum Gasteiger partial charge on any atom is 0.101 e. The van der Waals surface area contributed by atoms with Gasteiger partial charge in [0.2, 0.25) is 0 Å². The first kappa shape index (κ1) is 14.7. The van der Waals surface area contributed by atoms with Crippen LogP contribution in [0.5, 0.6) is 0 Å². The van der Waals surface area contributed by atoms with Crippen LogP contribution in [0.15, 0.2) is 24.4 Å². The first-order chi connectivity index (χ1) is 9.67. The molecule has 2 rings (SSSR count). The Morgan fingerprint density at radius 1 is 1.15 bits per heavy atom. The van der Waals surface area contributed by atoms with Gasteiger partial charge in [0.15, 0.2) is 0 Å². The van der Waals surface area contributed by atoms with Crippen molar-refractivity contribution in [3.8, 4) is 0 Å². The molecule has 20 heavy (non-hydrogen) atoms. The number of pyridine rings is 1. The average molecular weight is 273 g/mol. The number of rotatable bonds is 6. The van der Waals surface area contributed by atoms with E-state index in [2.05, 4.69) is 30.0 Å². The van der Waals surface area contributed by atoms with E-state index in [-0.39, 0.29) is 0 Å². The summed E-state index contributed by atoms with van der Waals surface area (Å²) in [5, 5.41) is 14.9. The van der Waals surface area contributed by atoms with E-state index >= 15 is 0 Å². The fraction of sp³-hybridized carbons (Fsp3) is 0.500. The summed E-state index contributed by atoms with van der Waals surface area (Å²) in [4.78, 5) is 4.41. The molecule has 0 saturated carbocycles. The Morgan fingerprint density at radius 3 is 2.50 bits per heavy atom. The fourth-order valence-electron chi connectivity index (χ4n) is 2.27. The molecule has 0 saturated heterocycles. The van der Waals surface area contributed by atoms with Crippen LogP contribution >= 0.6 is 0 Å². The minimum absolute atomic E-state index is 0.527. The number of nitrogens with zero attached hydrogens (tertiary/aromatic N) is 3. The van der Waals surface area contributed by atoms with Crippen molar-refractivity contribution in [3.63, 3.8) is 0 Å². The Balaban J connectivity index is 2.14. The summed E-state index contributed by atoms with van der Waals surface area (Å²) in [6.07, 6.45) is 3.73. The molecule has 0 aliphatic heterocycles. The minimum Gasteiger partial charge on any atom is -0.386 e. The van der Waals surface area contributed by atoms with Crippen LogP contribution in [0.3, 0.4) is 0 Å². The van der Waals surface area contributed by atoms with Gasteiger partial charge in [0.25, 0.3) is 0 Å². The average Bonchev–Trinajstić information content (AvgIpc) is 2.91. The monoisotopic (exact) mass is 273 g/mol. The van der Waals surface area contributed by atoms with Crippen LogP contribution in [-0.4, -0.2) is 19.9 Å². The van der Waals surface area contributed by atoms with Crippen LogP contribution in [0, 0.1) is 0 Å². The summed E-state index contributed by atoms with van der Waals surface area (Å²) < 4.78 is 1.88. The van der Waals surface area contributed by atoms with Gasteiger partial charge < -0.3 is 5.11 Å². The molecule has 1 unspecified atom stereocenters. The summed E-state index contributed by atoms with van der Waals surface area (Å²) >= 11 is 0. The zero-order valence-electron chi connectivity index (χ0n) is 12.5. The lowest BCUT2D eigenvalue weighted by Crippen LogP contribution is -2.10.